The highest BCUT2D eigenvalue weighted by Gasteiger charge is 2.31. The number of nitrogens with one attached hydrogen (secondary N) is 1. The van der Waals surface area contributed by atoms with Crippen LogP contribution in [-0.4, -0.2) is 25.6 Å². The van der Waals surface area contributed by atoms with Crippen LogP contribution < -0.4 is 15.8 Å². The zero-order valence-electron chi connectivity index (χ0n) is 12.5. The Bertz CT molecular complexity index is 436. The largest absolute Gasteiger partial charge is 0.492 e. The molecule has 0 unspecified atom stereocenters. The molecule has 2 rings (SSSR count). The minimum absolute atomic E-state index is 0. The average Bonchev–Trinajstić information content (AvgIpc) is 2.94. The summed E-state index contributed by atoms with van der Waals surface area (Å²) in [4.78, 5) is 12.0. The van der Waals surface area contributed by atoms with Gasteiger partial charge in [0, 0.05) is 5.92 Å². The molecule has 21 heavy (non-hydrogen) atoms. The van der Waals surface area contributed by atoms with Crippen LogP contribution in [0.25, 0.3) is 0 Å². The molecular formula is C16H25ClN2O2. The van der Waals surface area contributed by atoms with Crippen molar-refractivity contribution in [2.45, 2.75) is 26.2 Å². The molecule has 1 saturated carbocycles. The summed E-state index contributed by atoms with van der Waals surface area (Å²) < 4.78 is 5.59. The van der Waals surface area contributed by atoms with Crippen LogP contribution in [0.15, 0.2) is 24.3 Å². The lowest BCUT2D eigenvalue weighted by molar-refractivity contribution is -0.126. The standard InChI is InChI=1S/C16H24N2O2.ClH/c1-12-5-7-14(8-6-12)20-10-9-18-16(19)15-4-2-3-13(15)11-17;/h5-8,13,15H,2-4,9-11,17H2,1H3,(H,18,19);1H/t13-,15-;/m1./s1. The average molecular weight is 313 g/mol. The minimum atomic E-state index is 0. The predicted molar refractivity (Wildman–Crippen MR) is 86.8 cm³/mol. The quantitative estimate of drug-likeness (QED) is 0.792. The zero-order valence-corrected chi connectivity index (χ0v) is 13.3. The summed E-state index contributed by atoms with van der Waals surface area (Å²) in [6.45, 7) is 3.69. The monoisotopic (exact) mass is 312 g/mol. The molecule has 0 heterocycles. The summed E-state index contributed by atoms with van der Waals surface area (Å²) in [7, 11) is 0. The van der Waals surface area contributed by atoms with Crippen molar-refractivity contribution >= 4 is 18.3 Å². The van der Waals surface area contributed by atoms with Crippen molar-refractivity contribution in [1.82, 2.24) is 5.32 Å². The normalized spacial score (nSPS) is 20.7. The van der Waals surface area contributed by atoms with E-state index in [1.54, 1.807) is 0 Å². The van der Waals surface area contributed by atoms with E-state index in [9.17, 15) is 4.79 Å². The van der Waals surface area contributed by atoms with Gasteiger partial charge in [0.2, 0.25) is 5.91 Å². The van der Waals surface area contributed by atoms with Crippen LogP contribution in [0.4, 0.5) is 0 Å². The smallest absolute Gasteiger partial charge is 0.223 e. The third-order valence-corrected chi connectivity index (χ3v) is 3.99. The van der Waals surface area contributed by atoms with Crippen LogP contribution in [-0.2, 0) is 4.79 Å². The predicted octanol–water partition coefficient (Wildman–Crippen LogP) is 2.29. The first kappa shape index (κ1) is 17.8. The Labute approximate surface area is 132 Å². The van der Waals surface area contributed by atoms with E-state index in [4.69, 9.17) is 10.5 Å². The number of ether oxygens (including phenoxy) is 1. The molecule has 1 amide bonds. The molecule has 0 bridgehead atoms. The van der Waals surface area contributed by atoms with E-state index in [2.05, 4.69) is 5.32 Å². The zero-order chi connectivity index (χ0) is 14.4. The Hall–Kier alpha value is -1.26. The molecule has 118 valence electrons. The number of hydrogen-bond donors (Lipinski definition) is 2. The molecule has 1 aromatic carbocycles. The van der Waals surface area contributed by atoms with Crippen molar-refractivity contribution in [2.75, 3.05) is 19.7 Å². The lowest BCUT2D eigenvalue weighted by Gasteiger charge is -2.17. The number of halogens is 1. The second kappa shape index (κ2) is 8.90. The lowest BCUT2D eigenvalue weighted by atomic mass is 9.95. The number of aryl methyl sites for hydroxylation is 1. The van der Waals surface area contributed by atoms with Crippen LogP contribution in [0, 0.1) is 18.8 Å². The van der Waals surface area contributed by atoms with Crippen molar-refractivity contribution in [3.63, 3.8) is 0 Å². The summed E-state index contributed by atoms with van der Waals surface area (Å²) in [6.07, 6.45) is 3.15. The van der Waals surface area contributed by atoms with Crippen molar-refractivity contribution in [2.24, 2.45) is 17.6 Å². The van der Waals surface area contributed by atoms with Crippen LogP contribution in [0.2, 0.25) is 0 Å². The second-order valence-corrected chi connectivity index (χ2v) is 5.49. The number of nitrogens with two attached hydrogens (primary N) is 1. The maximum atomic E-state index is 12.0. The first-order chi connectivity index (χ1) is 9.70. The number of benzene rings is 1. The lowest BCUT2D eigenvalue weighted by Crippen LogP contribution is -2.37. The molecule has 2 atom stereocenters. The van der Waals surface area contributed by atoms with Gasteiger partial charge < -0.3 is 15.8 Å². The van der Waals surface area contributed by atoms with Crippen molar-refractivity contribution < 1.29 is 9.53 Å². The Morgan fingerprint density at radius 2 is 2.05 bits per heavy atom. The molecule has 1 fully saturated rings. The summed E-state index contributed by atoms with van der Waals surface area (Å²) >= 11 is 0. The number of amides is 1. The second-order valence-electron chi connectivity index (χ2n) is 5.49. The highest BCUT2D eigenvalue weighted by atomic mass is 35.5. The Morgan fingerprint density at radius 1 is 1.33 bits per heavy atom. The Morgan fingerprint density at radius 3 is 2.71 bits per heavy atom. The fourth-order valence-electron chi connectivity index (χ4n) is 2.77. The fourth-order valence-corrected chi connectivity index (χ4v) is 2.77. The van der Waals surface area contributed by atoms with Crippen LogP contribution >= 0.6 is 12.4 Å². The van der Waals surface area contributed by atoms with E-state index in [0.29, 0.717) is 25.6 Å². The fraction of sp³-hybridized carbons (Fsp3) is 0.562. The highest BCUT2D eigenvalue weighted by molar-refractivity contribution is 5.85. The molecule has 5 heteroatoms. The third kappa shape index (κ3) is 5.21. The van der Waals surface area contributed by atoms with Gasteiger partial charge in [0.1, 0.15) is 12.4 Å². The van der Waals surface area contributed by atoms with Crippen LogP contribution in [0.5, 0.6) is 5.75 Å². The van der Waals surface area contributed by atoms with Gasteiger partial charge in [-0.15, -0.1) is 12.4 Å². The summed E-state index contributed by atoms with van der Waals surface area (Å²) in [5, 5.41) is 2.95. The number of hydrogen-bond acceptors (Lipinski definition) is 3. The topological polar surface area (TPSA) is 64.3 Å². The van der Waals surface area contributed by atoms with Crippen molar-refractivity contribution in [3.8, 4) is 5.75 Å². The molecule has 3 N–H and O–H groups in total. The van der Waals surface area contributed by atoms with Gasteiger partial charge in [-0.1, -0.05) is 24.1 Å². The van der Waals surface area contributed by atoms with E-state index in [-0.39, 0.29) is 24.2 Å². The van der Waals surface area contributed by atoms with Crippen LogP contribution in [0.3, 0.4) is 0 Å². The summed E-state index contributed by atoms with van der Waals surface area (Å²) in [5.41, 5.74) is 6.91. The minimum Gasteiger partial charge on any atom is -0.492 e. The van der Waals surface area contributed by atoms with Gasteiger partial charge in [-0.2, -0.15) is 0 Å². The highest BCUT2D eigenvalue weighted by Crippen LogP contribution is 2.30. The van der Waals surface area contributed by atoms with Gasteiger partial charge in [-0.25, -0.2) is 0 Å². The van der Waals surface area contributed by atoms with Crippen molar-refractivity contribution in [3.05, 3.63) is 29.8 Å². The number of carbonyl (C=O) groups excluding carboxylic acids is 1. The molecule has 4 nitrogen and oxygen atoms in total. The van der Waals surface area contributed by atoms with E-state index < -0.39 is 0 Å². The summed E-state index contributed by atoms with van der Waals surface area (Å²) in [5.74, 6) is 1.42. The first-order valence-corrected chi connectivity index (χ1v) is 7.38. The first-order valence-electron chi connectivity index (χ1n) is 7.38. The SMILES string of the molecule is Cc1ccc(OCCNC(=O)[C@@H]2CCC[C@@H]2CN)cc1.Cl. The molecule has 1 aliphatic rings. The van der Waals surface area contributed by atoms with Gasteiger partial charge >= 0.3 is 0 Å². The van der Waals surface area contributed by atoms with E-state index in [1.165, 1.54) is 5.56 Å². The molecular weight excluding hydrogens is 288 g/mol. The number of carbonyl (C=O) groups is 1. The third-order valence-electron chi connectivity index (χ3n) is 3.99. The molecule has 0 spiro atoms. The van der Waals surface area contributed by atoms with E-state index in [0.717, 1.165) is 25.0 Å². The van der Waals surface area contributed by atoms with Crippen LogP contribution in [0.1, 0.15) is 24.8 Å². The number of rotatable bonds is 6. The van der Waals surface area contributed by atoms with Crippen molar-refractivity contribution in [1.29, 1.82) is 0 Å². The maximum absolute atomic E-state index is 12.0. The molecule has 0 radical (unpaired) electrons. The Kier molecular flexibility index (Phi) is 7.54. The van der Waals surface area contributed by atoms with E-state index in [1.807, 2.05) is 31.2 Å². The van der Waals surface area contributed by atoms with Gasteiger partial charge in [0.05, 0.1) is 6.54 Å². The maximum Gasteiger partial charge on any atom is 0.223 e. The summed E-state index contributed by atoms with van der Waals surface area (Å²) in [6, 6.07) is 7.91. The van der Waals surface area contributed by atoms with E-state index >= 15 is 0 Å². The molecule has 0 saturated heterocycles. The van der Waals surface area contributed by atoms with Gasteiger partial charge in [0.25, 0.3) is 0 Å². The Balaban J connectivity index is 0.00000220. The molecule has 0 aromatic heterocycles. The van der Waals surface area contributed by atoms with Gasteiger partial charge in [-0.3, -0.25) is 4.79 Å². The van der Waals surface area contributed by atoms with Gasteiger partial charge in [0.15, 0.2) is 0 Å². The molecule has 0 aliphatic heterocycles. The molecule has 1 aromatic rings. The molecule has 1 aliphatic carbocycles. The van der Waals surface area contributed by atoms with Gasteiger partial charge in [-0.05, 0) is 44.4 Å².